The third kappa shape index (κ3) is 7.20. The van der Waals surface area contributed by atoms with Crippen molar-refractivity contribution in [2.24, 2.45) is 0 Å². The normalized spacial score (nSPS) is 10.2. The average molecular weight is 278 g/mol. The third-order valence-electron chi connectivity index (χ3n) is 2.35. The highest BCUT2D eigenvalue weighted by molar-refractivity contribution is 5.89. The molecule has 0 N–H and O–H groups in total. The maximum absolute atomic E-state index is 11.5. The molecule has 0 atom stereocenters. The summed E-state index contributed by atoms with van der Waals surface area (Å²) in [6.07, 6.45) is 3.14. The van der Waals surface area contributed by atoms with Crippen LogP contribution in [-0.4, -0.2) is 32.3 Å². The van der Waals surface area contributed by atoms with E-state index in [9.17, 15) is 9.59 Å². The minimum Gasteiger partial charge on any atom is -0.494 e. The van der Waals surface area contributed by atoms with Crippen molar-refractivity contribution in [3.8, 4) is 5.75 Å². The van der Waals surface area contributed by atoms with Crippen LogP contribution in [0, 0.1) is 0 Å². The number of hydrogen-bond donors (Lipinski definition) is 0. The molecule has 1 aromatic carbocycles. The predicted octanol–water partition coefficient (Wildman–Crippen LogP) is 2.75. The third-order valence-corrected chi connectivity index (χ3v) is 2.35. The Morgan fingerprint density at radius 1 is 1.20 bits per heavy atom. The average Bonchev–Trinajstić information content (AvgIpc) is 2.49. The lowest BCUT2D eigenvalue weighted by Crippen LogP contribution is -2.04. The molecule has 0 unspecified atom stereocenters. The van der Waals surface area contributed by atoms with Crippen molar-refractivity contribution in [1.82, 2.24) is 0 Å². The summed E-state index contributed by atoms with van der Waals surface area (Å²) in [4.78, 5) is 22.1. The number of ketones is 1. The highest BCUT2D eigenvalue weighted by Gasteiger charge is 1.99. The second kappa shape index (κ2) is 9.61. The number of carbonyl (C=O) groups excluding carboxylic acids is 2. The first-order valence-electron chi connectivity index (χ1n) is 6.30. The maximum Gasteiger partial charge on any atom is 0.508 e. The zero-order valence-corrected chi connectivity index (χ0v) is 11.4. The summed E-state index contributed by atoms with van der Waals surface area (Å²) in [7, 11) is 1.23. The lowest BCUT2D eigenvalue weighted by atomic mass is 10.2. The molecule has 0 spiro atoms. The molecule has 0 saturated heterocycles. The van der Waals surface area contributed by atoms with Crippen LogP contribution in [0.1, 0.15) is 12.8 Å². The quantitative estimate of drug-likeness (QED) is 0.415. The van der Waals surface area contributed by atoms with Gasteiger partial charge in [-0.2, -0.15) is 0 Å². The lowest BCUT2D eigenvalue weighted by molar-refractivity contribution is -0.114. The van der Waals surface area contributed by atoms with Gasteiger partial charge in [-0.25, -0.2) is 4.79 Å². The van der Waals surface area contributed by atoms with E-state index in [1.807, 2.05) is 30.3 Å². The van der Waals surface area contributed by atoms with Gasteiger partial charge in [0, 0.05) is 6.42 Å². The zero-order valence-electron chi connectivity index (χ0n) is 11.4. The molecular weight excluding hydrogens is 260 g/mol. The van der Waals surface area contributed by atoms with Gasteiger partial charge in [-0.05, 0) is 30.7 Å². The van der Waals surface area contributed by atoms with Gasteiger partial charge in [0.25, 0.3) is 0 Å². The van der Waals surface area contributed by atoms with Crippen molar-refractivity contribution in [3.63, 3.8) is 0 Å². The number of ether oxygens (including phenoxy) is 3. The van der Waals surface area contributed by atoms with Gasteiger partial charge in [0.1, 0.15) is 12.4 Å². The largest absolute Gasteiger partial charge is 0.508 e. The van der Waals surface area contributed by atoms with Crippen LogP contribution in [0.2, 0.25) is 0 Å². The van der Waals surface area contributed by atoms with E-state index in [1.54, 1.807) is 0 Å². The van der Waals surface area contributed by atoms with Gasteiger partial charge in [-0.15, -0.1) is 0 Å². The van der Waals surface area contributed by atoms with Crippen LogP contribution >= 0.6 is 0 Å². The summed E-state index contributed by atoms with van der Waals surface area (Å²) in [6.45, 7) is 0.515. The smallest absolute Gasteiger partial charge is 0.494 e. The number of rotatable bonds is 8. The Morgan fingerprint density at radius 2 is 1.95 bits per heavy atom. The molecule has 5 heteroatoms. The SMILES string of the molecule is COC(=O)OC/C=C/C(=O)CCCOc1ccccc1. The number of methoxy groups -OCH3 is 1. The molecule has 0 aliphatic heterocycles. The molecular formula is C15H18O5. The van der Waals surface area contributed by atoms with Crippen LogP contribution in [0.15, 0.2) is 42.5 Å². The number of allylic oxidation sites excluding steroid dienone is 1. The second-order valence-electron chi connectivity index (χ2n) is 3.90. The molecule has 5 nitrogen and oxygen atoms in total. The van der Waals surface area contributed by atoms with E-state index in [-0.39, 0.29) is 12.4 Å². The van der Waals surface area contributed by atoms with E-state index in [1.165, 1.54) is 19.3 Å². The van der Waals surface area contributed by atoms with Gasteiger partial charge in [0.05, 0.1) is 13.7 Å². The Hall–Kier alpha value is -2.30. The van der Waals surface area contributed by atoms with Gasteiger partial charge in [0.2, 0.25) is 0 Å². The Labute approximate surface area is 118 Å². The van der Waals surface area contributed by atoms with Crippen molar-refractivity contribution in [3.05, 3.63) is 42.5 Å². The van der Waals surface area contributed by atoms with Crippen LogP contribution in [0.3, 0.4) is 0 Å². The minimum atomic E-state index is -0.765. The number of benzene rings is 1. The molecule has 0 saturated carbocycles. The van der Waals surface area contributed by atoms with E-state index >= 15 is 0 Å². The number of hydrogen-bond acceptors (Lipinski definition) is 5. The molecule has 0 aliphatic rings. The standard InChI is InChI=1S/C15H18O5/c1-18-15(17)20-12-6-8-13(16)7-5-11-19-14-9-3-2-4-10-14/h2-4,6,8-10H,5,7,11-12H2,1H3/b8-6+. The summed E-state index contributed by atoms with van der Waals surface area (Å²) in [5.41, 5.74) is 0. The molecule has 0 fully saturated rings. The fourth-order valence-electron chi connectivity index (χ4n) is 1.39. The Bertz CT molecular complexity index is 439. The first-order chi connectivity index (χ1) is 9.72. The van der Waals surface area contributed by atoms with Crippen LogP contribution in [0.25, 0.3) is 0 Å². The maximum atomic E-state index is 11.5. The highest BCUT2D eigenvalue weighted by atomic mass is 16.7. The first kappa shape index (κ1) is 15.8. The van der Waals surface area contributed by atoms with Crippen LogP contribution < -0.4 is 4.74 Å². The Balaban J connectivity index is 2.08. The van der Waals surface area contributed by atoms with Gasteiger partial charge >= 0.3 is 6.16 Å². The summed E-state index contributed by atoms with van der Waals surface area (Å²) < 4.78 is 14.3. The summed E-state index contributed by atoms with van der Waals surface area (Å²) in [6, 6.07) is 9.43. The molecule has 0 bridgehead atoms. The number of para-hydroxylation sites is 1. The molecule has 0 aromatic heterocycles. The van der Waals surface area contributed by atoms with Crippen LogP contribution in [-0.2, 0) is 14.3 Å². The van der Waals surface area contributed by atoms with Gasteiger partial charge in [-0.1, -0.05) is 18.2 Å². The van der Waals surface area contributed by atoms with E-state index in [0.29, 0.717) is 19.4 Å². The molecule has 0 radical (unpaired) electrons. The predicted molar refractivity (Wildman–Crippen MR) is 73.7 cm³/mol. The summed E-state index contributed by atoms with van der Waals surface area (Å²) >= 11 is 0. The highest BCUT2D eigenvalue weighted by Crippen LogP contribution is 2.08. The van der Waals surface area contributed by atoms with Crippen molar-refractivity contribution in [2.75, 3.05) is 20.3 Å². The molecule has 0 heterocycles. The second-order valence-corrected chi connectivity index (χ2v) is 3.90. The van der Waals surface area contributed by atoms with Gasteiger partial charge in [-0.3, -0.25) is 4.79 Å². The first-order valence-corrected chi connectivity index (χ1v) is 6.30. The van der Waals surface area contributed by atoms with Gasteiger partial charge in [0.15, 0.2) is 5.78 Å². The Morgan fingerprint density at radius 3 is 2.65 bits per heavy atom. The monoisotopic (exact) mass is 278 g/mol. The minimum absolute atomic E-state index is 0.0267. The van der Waals surface area contributed by atoms with Crippen molar-refractivity contribution < 1.29 is 23.8 Å². The Kier molecular flexibility index (Phi) is 7.57. The van der Waals surface area contributed by atoms with Crippen molar-refractivity contribution in [2.45, 2.75) is 12.8 Å². The molecule has 108 valence electrons. The topological polar surface area (TPSA) is 61.8 Å². The van der Waals surface area contributed by atoms with E-state index in [4.69, 9.17) is 4.74 Å². The van der Waals surface area contributed by atoms with Crippen LogP contribution in [0.5, 0.6) is 5.75 Å². The van der Waals surface area contributed by atoms with Gasteiger partial charge < -0.3 is 14.2 Å². The molecule has 1 rings (SSSR count). The molecule has 20 heavy (non-hydrogen) atoms. The van der Waals surface area contributed by atoms with Crippen molar-refractivity contribution >= 4 is 11.9 Å². The van der Waals surface area contributed by atoms with Crippen LogP contribution in [0.4, 0.5) is 4.79 Å². The molecule has 1 aromatic rings. The van der Waals surface area contributed by atoms with E-state index < -0.39 is 6.16 Å². The summed E-state index contributed by atoms with van der Waals surface area (Å²) in [5, 5.41) is 0. The zero-order chi connectivity index (χ0) is 14.6. The lowest BCUT2D eigenvalue weighted by Gasteiger charge is -2.04. The van der Waals surface area contributed by atoms with E-state index in [0.717, 1.165) is 5.75 Å². The fraction of sp³-hybridized carbons (Fsp3) is 0.333. The number of carbonyl (C=O) groups is 2. The van der Waals surface area contributed by atoms with Crippen molar-refractivity contribution in [1.29, 1.82) is 0 Å². The fourth-order valence-corrected chi connectivity index (χ4v) is 1.39. The summed E-state index contributed by atoms with van der Waals surface area (Å²) in [5.74, 6) is 0.761. The molecule has 0 aliphatic carbocycles. The molecule has 0 amide bonds. The van der Waals surface area contributed by atoms with E-state index in [2.05, 4.69) is 9.47 Å².